The molecule has 2 heterocycles. The molecule has 1 aliphatic rings. The van der Waals surface area contributed by atoms with E-state index in [4.69, 9.17) is 4.98 Å². The van der Waals surface area contributed by atoms with Crippen LogP contribution in [0.2, 0.25) is 0 Å². The molecule has 0 bridgehead atoms. The van der Waals surface area contributed by atoms with E-state index < -0.39 is 23.6 Å². The highest BCUT2D eigenvalue weighted by Crippen LogP contribution is 2.41. The number of alkyl halides is 3. The number of hydrogen-bond donors (Lipinski definition) is 2. The average Bonchev–Trinajstić information content (AvgIpc) is 3.16. The highest BCUT2D eigenvalue weighted by molar-refractivity contribution is 14.1. The van der Waals surface area contributed by atoms with Crippen LogP contribution in [0.4, 0.5) is 14.5 Å². The number of halogens is 3. The fourth-order valence-electron chi connectivity index (χ4n) is 3.96. The molecule has 2 aromatic heterocycles. The third kappa shape index (κ3) is 5.09. The van der Waals surface area contributed by atoms with Crippen LogP contribution in [0.1, 0.15) is 78.6 Å². The van der Waals surface area contributed by atoms with Gasteiger partial charge < -0.3 is 10.4 Å². The van der Waals surface area contributed by atoms with Gasteiger partial charge in [0.2, 0.25) is 0 Å². The number of fused-ring (bicyclic) bond motifs is 1. The number of hydrogen-bond acceptors (Lipinski definition) is 5. The van der Waals surface area contributed by atoms with Crippen molar-refractivity contribution < 1.29 is 18.7 Å². The third-order valence-electron chi connectivity index (χ3n) is 5.68. The fourth-order valence-corrected chi connectivity index (χ4v) is 5.84. The normalized spacial score (nSPS) is 19.5. The van der Waals surface area contributed by atoms with Crippen LogP contribution in [0.5, 0.6) is 0 Å². The smallest absolute Gasteiger partial charge is 0.280 e. The Labute approximate surface area is 202 Å². The van der Waals surface area contributed by atoms with Gasteiger partial charge in [0.1, 0.15) is 11.4 Å². The molecule has 1 aromatic carbocycles. The minimum Gasteiger partial charge on any atom is -0.386 e. The van der Waals surface area contributed by atoms with Gasteiger partial charge in [-0.2, -0.15) is 0 Å². The molecule has 0 unspecified atom stereocenters. The topological polar surface area (TPSA) is 75.1 Å². The fraction of sp³-hybridized carbons (Fsp3) is 0.435. The molecule has 0 spiro atoms. The lowest BCUT2D eigenvalue weighted by Crippen LogP contribution is -2.21. The van der Waals surface area contributed by atoms with Crippen molar-refractivity contribution in [1.82, 2.24) is 9.97 Å². The van der Waals surface area contributed by atoms with Crippen molar-refractivity contribution in [1.29, 1.82) is 0 Å². The molecule has 0 aliphatic heterocycles. The lowest BCUT2D eigenvalue weighted by atomic mass is 9.90. The van der Waals surface area contributed by atoms with Gasteiger partial charge in [0.05, 0.1) is 20.8 Å². The van der Waals surface area contributed by atoms with E-state index in [2.05, 4.69) is 32.9 Å². The second-order valence-corrected chi connectivity index (χ2v) is 11.5. The number of benzene rings is 1. The van der Waals surface area contributed by atoms with Crippen LogP contribution in [0.25, 0.3) is 10.2 Å². The van der Waals surface area contributed by atoms with Crippen LogP contribution in [0.15, 0.2) is 30.3 Å². The lowest BCUT2D eigenvalue weighted by Gasteiger charge is -2.23. The summed E-state index contributed by atoms with van der Waals surface area (Å²) in [4.78, 5) is 21.4. The summed E-state index contributed by atoms with van der Waals surface area (Å²) in [6.45, 7) is 3.27. The van der Waals surface area contributed by atoms with Gasteiger partial charge in [0.15, 0.2) is 0 Å². The first-order chi connectivity index (χ1) is 15.1. The van der Waals surface area contributed by atoms with Crippen molar-refractivity contribution in [3.8, 4) is 0 Å². The SMILES string of the molecule is CC(C)(O)c1cc2nc([C@H]3CC[C@H](I)CC3)sc2cc1NC(=O)c1cccc(C(F)F)n1. The van der Waals surface area contributed by atoms with Gasteiger partial charge >= 0.3 is 0 Å². The lowest BCUT2D eigenvalue weighted by molar-refractivity contribution is 0.0794. The maximum absolute atomic E-state index is 13.0. The highest BCUT2D eigenvalue weighted by Gasteiger charge is 2.26. The molecule has 9 heteroatoms. The number of thiazole rings is 1. The van der Waals surface area contributed by atoms with Crippen LogP contribution in [-0.2, 0) is 5.60 Å². The van der Waals surface area contributed by atoms with Crippen LogP contribution >= 0.6 is 33.9 Å². The Morgan fingerprint density at radius 2 is 1.94 bits per heavy atom. The summed E-state index contributed by atoms with van der Waals surface area (Å²) < 4.78 is 27.6. The summed E-state index contributed by atoms with van der Waals surface area (Å²) in [6, 6.07) is 7.56. The molecule has 0 radical (unpaired) electrons. The Hall–Kier alpha value is -1.72. The molecule has 0 saturated heterocycles. The molecule has 1 amide bonds. The van der Waals surface area contributed by atoms with Gasteiger partial charge in [-0.25, -0.2) is 18.7 Å². The second kappa shape index (κ2) is 9.26. The molecule has 3 aromatic rings. The Kier molecular flexibility index (Phi) is 6.78. The summed E-state index contributed by atoms with van der Waals surface area (Å²) in [5.74, 6) is -0.175. The molecule has 32 heavy (non-hydrogen) atoms. The standard InChI is InChI=1S/C23H24F2IN3O2S/c1-23(2,31)14-10-18-19(32-22(29-18)12-6-8-13(26)9-7-12)11-17(14)28-21(30)16-5-3-4-15(27-16)20(24)25/h3-5,10-13,20,31H,6-9H2,1-2H3,(H,28,30)/t12-,13-. The molecule has 0 atom stereocenters. The number of carbonyl (C=O) groups excluding carboxylic acids is 1. The maximum atomic E-state index is 13.0. The van der Waals surface area contributed by atoms with Gasteiger partial charge in [-0.1, -0.05) is 28.7 Å². The number of carbonyl (C=O) groups is 1. The third-order valence-corrected chi connectivity index (χ3v) is 8.11. The van der Waals surface area contributed by atoms with Crippen molar-refractivity contribution in [3.05, 3.63) is 52.3 Å². The van der Waals surface area contributed by atoms with E-state index in [0.717, 1.165) is 32.0 Å². The van der Waals surface area contributed by atoms with Crippen LogP contribution < -0.4 is 5.32 Å². The minimum absolute atomic E-state index is 0.106. The van der Waals surface area contributed by atoms with Crippen molar-refractivity contribution in [2.45, 2.75) is 61.4 Å². The number of nitrogens with one attached hydrogen (secondary N) is 1. The number of aromatic nitrogens is 2. The number of pyridine rings is 1. The van der Waals surface area contributed by atoms with Crippen LogP contribution in [0, 0.1) is 0 Å². The molecule has 1 saturated carbocycles. The highest BCUT2D eigenvalue weighted by atomic mass is 127. The molecule has 4 rings (SSSR count). The van der Waals surface area contributed by atoms with E-state index in [0.29, 0.717) is 17.2 Å². The summed E-state index contributed by atoms with van der Waals surface area (Å²) in [6.07, 6.45) is 1.83. The largest absolute Gasteiger partial charge is 0.386 e. The van der Waals surface area contributed by atoms with Crippen LogP contribution in [-0.4, -0.2) is 24.9 Å². The number of anilines is 1. The second-order valence-electron chi connectivity index (χ2n) is 8.63. The monoisotopic (exact) mass is 571 g/mol. The molecule has 2 N–H and O–H groups in total. The average molecular weight is 571 g/mol. The zero-order chi connectivity index (χ0) is 23.0. The predicted molar refractivity (Wildman–Crippen MR) is 131 cm³/mol. The van der Waals surface area contributed by atoms with E-state index in [1.165, 1.54) is 31.0 Å². The van der Waals surface area contributed by atoms with E-state index >= 15 is 0 Å². The predicted octanol–water partition coefficient (Wildman–Crippen LogP) is 6.57. The van der Waals surface area contributed by atoms with Crippen molar-refractivity contribution in [3.63, 3.8) is 0 Å². The summed E-state index contributed by atoms with van der Waals surface area (Å²) in [5, 5.41) is 14.6. The van der Waals surface area contributed by atoms with Gasteiger partial charge in [-0.05, 0) is 63.8 Å². The first kappa shape index (κ1) is 23.4. The summed E-state index contributed by atoms with van der Waals surface area (Å²) in [5.41, 5.74) is -0.0802. The maximum Gasteiger partial charge on any atom is 0.280 e. The molecule has 5 nitrogen and oxygen atoms in total. The first-order valence-corrected chi connectivity index (χ1v) is 12.6. The van der Waals surface area contributed by atoms with Gasteiger partial charge in [0.25, 0.3) is 12.3 Å². The van der Waals surface area contributed by atoms with Crippen molar-refractivity contribution in [2.24, 2.45) is 0 Å². The number of rotatable bonds is 5. The Morgan fingerprint density at radius 1 is 1.22 bits per heavy atom. The Bertz CT molecular complexity index is 1140. The minimum atomic E-state index is -2.76. The van der Waals surface area contributed by atoms with Crippen LogP contribution in [0.3, 0.4) is 0 Å². The molecular formula is C23H24F2IN3O2S. The van der Waals surface area contributed by atoms with Crippen molar-refractivity contribution >= 4 is 55.7 Å². The molecule has 1 fully saturated rings. The van der Waals surface area contributed by atoms with Gasteiger partial charge in [-0.3, -0.25) is 4.79 Å². The van der Waals surface area contributed by atoms with E-state index in [9.17, 15) is 18.7 Å². The quantitative estimate of drug-likeness (QED) is 0.269. The summed E-state index contributed by atoms with van der Waals surface area (Å²) >= 11 is 4.11. The van der Waals surface area contributed by atoms with Gasteiger partial charge in [-0.15, -0.1) is 11.3 Å². The number of aliphatic hydroxyl groups is 1. The molecule has 1 aliphatic carbocycles. The van der Waals surface area contributed by atoms with Gasteiger partial charge in [0, 0.05) is 21.1 Å². The van der Waals surface area contributed by atoms with E-state index in [1.54, 1.807) is 31.3 Å². The van der Waals surface area contributed by atoms with Crippen molar-refractivity contribution in [2.75, 3.05) is 5.32 Å². The first-order valence-electron chi connectivity index (χ1n) is 10.5. The number of amides is 1. The molecular weight excluding hydrogens is 547 g/mol. The Morgan fingerprint density at radius 3 is 2.59 bits per heavy atom. The Balaban J connectivity index is 1.68. The zero-order valence-electron chi connectivity index (χ0n) is 17.7. The van der Waals surface area contributed by atoms with E-state index in [1.807, 2.05) is 6.07 Å². The van der Waals surface area contributed by atoms with E-state index in [-0.39, 0.29) is 5.69 Å². The summed E-state index contributed by atoms with van der Waals surface area (Å²) in [7, 11) is 0. The zero-order valence-corrected chi connectivity index (χ0v) is 20.7. The number of nitrogens with zero attached hydrogens (tertiary/aromatic N) is 2. The molecule has 170 valence electrons.